The van der Waals surface area contributed by atoms with Crippen LogP contribution in [0.2, 0.25) is 0 Å². The van der Waals surface area contributed by atoms with Crippen molar-refractivity contribution >= 4 is 17.7 Å². The van der Waals surface area contributed by atoms with Gasteiger partial charge in [-0.05, 0) is 24.1 Å². The Bertz CT molecular complexity index is 668. The molecule has 2 aromatic rings. The van der Waals surface area contributed by atoms with E-state index >= 15 is 0 Å². The molecule has 0 N–H and O–H groups in total. The number of pyridine rings is 1. The zero-order valence-corrected chi connectivity index (χ0v) is 13.5. The van der Waals surface area contributed by atoms with E-state index in [1.54, 1.807) is 12.3 Å². The molecule has 2 aliphatic rings. The van der Waals surface area contributed by atoms with Crippen molar-refractivity contribution in [3.05, 3.63) is 54.2 Å². The van der Waals surface area contributed by atoms with E-state index in [0.29, 0.717) is 12.2 Å². The van der Waals surface area contributed by atoms with E-state index in [0.717, 1.165) is 30.8 Å². The third kappa shape index (κ3) is 3.01. The van der Waals surface area contributed by atoms with Gasteiger partial charge < -0.3 is 14.1 Å². The summed E-state index contributed by atoms with van der Waals surface area (Å²) in [4.78, 5) is 18.2. The van der Waals surface area contributed by atoms with E-state index < -0.39 is 0 Å². The molecule has 6 heteroatoms. The molecule has 4 rings (SSSR count). The zero-order chi connectivity index (χ0) is 15.7. The second kappa shape index (κ2) is 6.02. The summed E-state index contributed by atoms with van der Waals surface area (Å²) in [5.74, 6) is 1.05. The van der Waals surface area contributed by atoms with Crippen molar-refractivity contribution in [1.29, 1.82) is 0 Å². The molecule has 0 bridgehead atoms. The van der Waals surface area contributed by atoms with Crippen LogP contribution >= 0.6 is 11.8 Å². The Kier molecular flexibility index (Phi) is 3.87. The Morgan fingerprint density at radius 1 is 1.48 bits per heavy atom. The van der Waals surface area contributed by atoms with Crippen LogP contribution < -0.4 is 0 Å². The Labute approximate surface area is 139 Å². The minimum atomic E-state index is 0.0599. The molecule has 0 unspecified atom stereocenters. The molecular formula is C17H18N2O3S. The summed E-state index contributed by atoms with van der Waals surface area (Å²) >= 11 is 1.94. The Balaban J connectivity index is 1.27. The second-order valence-corrected chi connectivity index (χ2v) is 7.65. The lowest BCUT2D eigenvalue weighted by Crippen LogP contribution is -2.60. The molecule has 2 saturated heterocycles. The molecular weight excluding hydrogens is 312 g/mol. The first kappa shape index (κ1) is 14.8. The van der Waals surface area contributed by atoms with Crippen LogP contribution in [0.5, 0.6) is 0 Å². The monoisotopic (exact) mass is 330 g/mol. The van der Waals surface area contributed by atoms with Gasteiger partial charge in [0.15, 0.2) is 0 Å². The SMILES string of the molecule is O=C(c1ccoc1)N1CC2(C[C@@H](OCc3cccnc3)CS2)C1. The molecule has 2 aliphatic heterocycles. The summed E-state index contributed by atoms with van der Waals surface area (Å²) in [5, 5.41) is 0. The summed E-state index contributed by atoms with van der Waals surface area (Å²) in [7, 11) is 0. The number of thioether (sulfide) groups is 1. The highest BCUT2D eigenvalue weighted by Crippen LogP contribution is 2.46. The highest BCUT2D eigenvalue weighted by atomic mass is 32.2. The van der Waals surface area contributed by atoms with Gasteiger partial charge in [0, 0.05) is 31.2 Å². The first-order valence-corrected chi connectivity index (χ1v) is 8.69. The van der Waals surface area contributed by atoms with Crippen molar-refractivity contribution in [3.63, 3.8) is 0 Å². The quantitative estimate of drug-likeness (QED) is 0.862. The average Bonchev–Trinajstić information content (AvgIpc) is 3.22. The lowest BCUT2D eigenvalue weighted by molar-refractivity contribution is 0.0254. The van der Waals surface area contributed by atoms with Crippen LogP contribution in [-0.4, -0.2) is 45.5 Å². The normalized spacial score (nSPS) is 22.3. The summed E-state index contributed by atoms with van der Waals surface area (Å²) in [5.41, 5.74) is 1.73. The number of aromatic nitrogens is 1. The van der Waals surface area contributed by atoms with Crippen molar-refractivity contribution in [3.8, 4) is 0 Å². The molecule has 120 valence electrons. The fourth-order valence-electron chi connectivity index (χ4n) is 3.19. The molecule has 2 fully saturated rings. The predicted octanol–water partition coefficient (Wildman–Crippen LogP) is 2.59. The van der Waals surface area contributed by atoms with E-state index in [2.05, 4.69) is 4.98 Å². The summed E-state index contributed by atoms with van der Waals surface area (Å²) in [6.45, 7) is 2.20. The van der Waals surface area contributed by atoms with Crippen LogP contribution in [0.25, 0.3) is 0 Å². The van der Waals surface area contributed by atoms with Gasteiger partial charge in [0.1, 0.15) is 6.26 Å². The number of rotatable bonds is 4. The molecule has 1 amide bonds. The number of carbonyl (C=O) groups is 1. The van der Waals surface area contributed by atoms with Gasteiger partial charge >= 0.3 is 0 Å². The molecule has 0 saturated carbocycles. The van der Waals surface area contributed by atoms with Crippen molar-refractivity contribution in [2.45, 2.75) is 23.9 Å². The smallest absolute Gasteiger partial charge is 0.257 e. The van der Waals surface area contributed by atoms with Crippen molar-refractivity contribution in [2.75, 3.05) is 18.8 Å². The maximum Gasteiger partial charge on any atom is 0.257 e. The Morgan fingerprint density at radius 3 is 3.13 bits per heavy atom. The van der Waals surface area contributed by atoms with Gasteiger partial charge in [-0.2, -0.15) is 0 Å². The second-order valence-electron chi connectivity index (χ2n) is 6.17. The first-order chi connectivity index (χ1) is 11.2. The fraction of sp³-hybridized carbons (Fsp3) is 0.412. The molecule has 4 heterocycles. The number of hydrogen-bond donors (Lipinski definition) is 0. The summed E-state index contributed by atoms with van der Waals surface area (Å²) in [6, 6.07) is 5.67. The maximum atomic E-state index is 12.2. The number of ether oxygens (including phenoxy) is 1. The van der Waals surface area contributed by atoms with Gasteiger partial charge in [0.05, 0.1) is 29.3 Å². The van der Waals surface area contributed by atoms with Crippen LogP contribution in [0.3, 0.4) is 0 Å². The van der Waals surface area contributed by atoms with Crippen LogP contribution in [0, 0.1) is 0 Å². The summed E-state index contributed by atoms with van der Waals surface area (Å²) in [6.07, 6.45) is 7.92. The lowest BCUT2D eigenvalue weighted by Gasteiger charge is -2.47. The molecule has 1 spiro atoms. The van der Waals surface area contributed by atoms with Gasteiger partial charge in [-0.25, -0.2) is 0 Å². The van der Waals surface area contributed by atoms with Crippen molar-refractivity contribution < 1.29 is 13.9 Å². The molecule has 23 heavy (non-hydrogen) atoms. The molecule has 1 atom stereocenters. The van der Waals surface area contributed by atoms with E-state index in [-0.39, 0.29) is 16.8 Å². The minimum Gasteiger partial charge on any atom is -0.472 e. The third-order valence-corrected chi connectivity index (χ3v) is 5.97. The van der Waals surface area contributed by atoms with Crippen LogP contribution in [-0.2, 0) is 11.3 Å². The number of nitrogens with zero attached hydrogens (tertiary/aromatic N) is 2. The predicted molar refractivity (Wildman–Crippen MR) is 87.2 cm³/mol. The zero-order valence-electron chi connectivity index (χ0n) is 12.7. The van der Waals surface area contributed by atoms with E-state index in [4.69, 9.17) is 9.15 Å². The maximum absolute atomic E-state index is 12.2. The van der Waals surface area contributed by atoms with Gasteiger partial charge in [0.2, 0.25) is 0 Å². The Morgan fingerprint density at radius 2 is 2.39 bits per heavy atom. The molecule has 0 aromatic carbocycles. The van der Waals surface area contributed by atoms with Gasteiger partial charge in [-0.1, -0.05) is 6.07 Å². The minimum absolute atomic E-state index is 0.0599. The summed E-state index contributed by atoms with van der Waals surface area (Å²) < 4.78 is 11.2. The fourth-order valence-corrected chi connectivity index (χ4v) is 4.74. The average molecular weight is 330 g/mol. The van der Waals surface area contributed by atoms with E-state index in [9.17, 15) is 4.79 Å². The topological polar surface area (TPSA) is 55.6 Å². The lowest BCUT2D eigenvalue weighted by atomic mass is 9.92. The van der Waals surface area contributed by atoms with E-state index in [1.165, 1.54) is 12.5 Å². The molecule has 0 aliphatic carbocycles. The third-order valence-electron chi connectivity index (χ3n) is 4.40. The number of amides is 1. The van der Waals surface area contributed by atoms with Crippen molar-refractivity contribution in [2.24, 2.45) is 0 Å². The van der Waals surface area contributed by atoms with E-state index in [1.807, 2.05) is 35.0 Å². The van der Waals surface area contributed by atoms with Crippen LogP contribution in [0.4, 0.5) is 0 Å². The highest BCUT2D eigenvalue weighted by molar-refractivity contribution is 8.01. The van der Waals surface area contributed by atoms with Crippen LogP contribution in [0.1, 0.15) is 22.3 Å². The molecule has 2 aromatic heterocycles. The highest BCUT2D eigenvalue weighted by Gasteiger charge is 2.51. The molecule has 0 radical (unpaired) electrons. The largest absolute Gasteiger partial charge is 0.472 e. The number of furan rings is 1. The Hall–Kier alpha value is -1.79. The van der Waals surface area contributed by atoms with Gasteiger partial charge in [-0.15, -0.1) is 11.8 Å². The van der Waals surface area contributed by atoms with Gasteiger partial charge in [-0.3, -0.25) is 9.78 Å². The standard InChI is InChI=1S/C17H18N2O3S/c20-16(14-3-5-21-9-14)19-11-17(12-19)6-15(10-23-17)22-8-13-2-1-4-18-7-13/h1-5,7,9,15H,6,8,10-12H2/t15-/m1/s1. The first-order valence-electron chi connectivity index (χ1n) is 7.70. The number of likely N-dealkylation sites (tertiary alicyclic amines) is 1. The number of carbonyl (C=O) groups excluding carboxylic acids is 1. The van der Waals surface area contributed by atoms with Gasteiger partial charge in [0.25, 0.3) is 5.91 Å². The van der Waals surface area contributed by atoms with Crippen molar-refractivity contribution in [1.82, 2.24) is 9.88 Å². The number of hydrogen-bond acceptors (Lipinski definition) is 5. The van der Waals surface area contributed by atoms with Crippen LogP contribution in [0.15, 0.2) is 47.5 Å². The molecule has 5 nitrogen and oxygen atoms in total.